The molecule has 0 saturated carbocycles. The molecule has 1 rings (SSSR count). The van der Waals surface area contributed by atoms with Gasteiger partial charge in [0.2, 0.25) is 10.0 Å². The van der Waals surface area contributed by atoms with Crippen molar-refractivity contribution in [3.8, 4) is 5.75 Å². The molecule has 6 nitrogen and oxygen atoms in total. The second-order valence-electron chi connectivity index (χ2n) is 4.28. The van der Waals surface area contributed by atoms with Crippen LogP contribution in [0.3, 0.4) is 0 Å². The van der Waals surface area contributed by atoms with Crippen LogP contribution in [-0.4, -0.2) is 34.8 Å². The molecule has 0 spiro atoms. The summed E-state index contributed by atoms with van der Waals surface area (Å²) in [6.07, 6.45) is -0.0390. The van der Waals surface area contributed by atoms with Gasteiger partial charge in [0.1, 0.15) is 5.75 Å². The van der Waals surface area contributed by atoms with Gasteiger partial charge in [0, 0.05) is 13.2 Å². The molecule has 2 atom stereocenters. The summed E-state index contributed by atoms with van der Waals surface area (Å²) in [5, 5.41) is 8.27. The van der Waals surface area contributed by atoms with Crippen LogP contribution < -0.4 is 15.2 Å². The monoisotopic (exact) mass is 288 g/mol. The van der Waals surface area contributed by atoms with Gasteiger partial charge in [0.05, 0.1) is 23.8 Å². The average Bonchev–Trinajstić information content (AvgIpc) is 2.36. The molecule has 0 aromatic heterocycles. The minimum atomic E-state index is -3.74. The fraction of sp³-hybridized carbons (Fsp3) is 0.500. The van der Waals surface area contributed by atoms with Crippen molar-refractivity contribution in [2.24, 2.45) is 5.14 Å². The summed E-state index contributed by atoms with van der Waals surface area (Å²) in [4.78, 5) is 0.0352. The number of primary sulfonamides is 1. The Labute approximate surface area is 113 Å². The van der Waals surface area contributed by atoms with E-state index in [2.05, 4.69) is 5.32 Å². The minimum absolute atomic E-state index is 0.0189. The van der Waals surface area contributed by atoms with E-state index in [1.54, 1.807) is 13.2 Å². The normalized spacial score (nSPS) is 14.8. The fourth-order valence-electron chi connectivity index (χ4n) is 1.54. The standard InChI is InChI=1S/C12H20N2O4S/c1-8(9(2)17-3)14-11-7-10(19(13,15)16)5-6-12(11)18-4/h5-9,14H,1-4H3,(H2,13,15,16). The van der Waals surface area contributed by atoms with Gasteiger partial charge in [-0.25, -0.2) is 13.6 Å². The van der Waals surface area contributed by atoms with Gasteiger partial charge >= 0.3 is 0 Å². The number of nitrogens with two attached hydrogens (primary N) is 1. The van der Waals surface area contributed by atoms with Gasteiger partial charge < -0.3 is 14.8 Å². The van der Waals surface area contributed by atoms with Gasteiger partial charge in [0.25, 0.3) is 0 Å². The maximum atomic E-state index is 11.3. The van der Waals surface area contributed by atoms with E-state index in [1.807, 2.05) is 13.8 Å². The van der Waals surface area contributed by atoms with Gasteiger partial charge in [0.15, 0.2) is 0 Å². The number of anilines is 1. The van der Waals surface area contributed by atoms with Crippen LogP contribution in [0.2, 0.25) is 0 Å². The zero-order valence-corrected chi connectivity index (χ0v) is 12.3. The van der Waals surface area contributed by atoms with Crippen molar-refractivity contribution in [2.75, 3.05) is 19.5 Å². The van der Waals surface area contributed by atoms with Crippen molar-refractivity contribution >= 4 is 15.7 Å². The number of sulfonamides is 1. The van der Waals surface area contributed by atoms with E-state index in [1.165, 1.54) is 19.2 Å². The summed E-state index contributed by atoms with van der Waals surface area (Å²) in [6, 6.07) is 4.40. The predicted molar refractivity (Wildman–Crippen MR) is 73.9 cm³/mol. The van der Waals surface area contributed by atoms with Crippen LogP contribution in [0.5, 0.6) is 5.75 Å². The van der Waals surface area contributed by atoms with E-state index in [0.717, 1.165) is 0 Å². The first-order valence-electron chi connectivity index (χ1n) is 5.79. The molecule has 0 heterocycles. The molecule has 0 fully saturated rings. The van der Waals surface area contributed by atoms with Crippen LogP contribution in [0.25, 0.3) is 0 Å². The quantitative estimate of drug-likeness (QED) is 0.820. The highest BCUT2D eigenvalue weighted by atomic mass is 32.2. The van der Waals surface area contributed by atoms with E-state index in [-0.39, 0.29) is 17.0 Å². The average molecular weight is 288 g/mol. The molecule has 0 aliphatic heterocycles. The lowest BCUT2D eigenvalue weighted by atomic mass is 10.2. The molecule has 0 aliphatic carbocycles. The fourth-order valence-corrected chi connectivity index (χ4v) is 2.08. The van der Waals surface area contributed by atoms with Gasteiger partial charge in [-0.2, -0.15) is 0 Å². The molecule has 0 saturated heterocycles. The van der Waals surface area contributed by atoms with Crippen LogP contribution in [-0.2, 0) is 14.8 Å². The first-order chi connectivity index (χ1) is 8.79. The zero-order valence-electron chi connectivity index (χ0n) is 11.5. The third kappa shape index (κ3) is 4.09. The third-order valence-corrected chi connectivity index (χ3v) is 3.87. The van der Waals surface area contributed by atoms with Crippen molar-refractivity contribution in [1.29, 1.82) is 0 Å². The summed E-state index contributed by atoms with van der Waals surface area (Å²) in [5.41, 5.74) is 0.561. The number of benzene rings is 1. The van der Waals surface area contributed by atoms with E-state index in [4.69, 9.17) is 14.6 Å². The summed E-state index contributed by atoms with van der Waals surface area (Å²) in [5.74, 6) is 0.544. The number of hydrogen-bond acceptors (Lipinski definition) is 5. The smallest absolute Gasteiger partial charge is 0.238 e. The number of hydrogen-bond donors (Lipinski definition) is 2. The Morgan fingerprint density at radius 1 is 1.26 bits per heavy atom. The molecule has 0 aliphatic rings. The summed E-state index contributed by atoms with van der Waals surface area (Å²) < 4.78 is 33.1. The Morgan fingerprint density at radius 2 is 1.89 bits per heavy atom. The van der Waals surface area contributed by atoms with Crippen molar-refractivity contribution in [1.82, 2.24) is 0 Å². The third-order valence-electron chi connectivity index (χ3n) is 2.96. The van der Waals surface area contributed by atoms with Crippen LogP contribution in [0.15, 0.2) is 23.1 Å². The number of methoxy groups -OCH3 is 2. The molecule has 7 heteroatoms. The molecule has 0 bridgehead atoms. The van der Waals surface area contributed by atoms with E-state index in [0.29, 0.717) is 11.4 Å². The van der Waals surface area contributed by atoms with E-state index in [9.17, 15) is 8.42 Å². The molecule has 108 valence electrons. The lowest BCUT2D eigenvalue weighted by Crippen LogP contribution is -2.30. The highest BCUT2D eigenvalue weighted by Crippen LogP contribution is 2.28. The number of ether oxygens (including phenoxy) is 2. The van der Waals surface area contributed by atoms with Crippen LogP contribution in [0, 0.1) is 0 Å². The SMILES string of the molecule is COc1ccc(S(N)(=O)=O)cc1NC(C)C(C)OC. The van der Waals surface area contributed by atoms with E-state index < -0.39 is 10.0 Å². The van der Waals surface area contributed by atoms with Crippen molar-refractivity contribution in [2.45, 2.75) is 30.9 Å². The molecule has 19 heavy (non-hydrogen) atoms. The molecular formula is C12H20N2O4S. The van der Waals surface area contributed by atoms with Gasteiger partial charge in [-0.3, -0.25) is 0 Å². The minimum Gasteiger partial charge on any atom is -0.495 e. The molecular weight excluding hydrogens is 268 g/mol. The van der Waals surface area contributed by atoms with Crippen LogP contribution >= 0.6 is 0 Å². The van der Waals surface area contributed by atoms with Gasteiger partial charge in [-0.1, -0.05) is 0 Å². The van der Waals surface area contributed by atoms with E-state index >= 15 is 0 Å². The predicted octanol–water partition coefficient (Wildman–Crippen LogP) is 1.18. The Kier molecular flexibility index (Phi) is 5.16. The Morgan fingerprint density at radius 3 is 2.37 bits per heavy atom. The van der Waals surface area contributed by atoms with Crippen LogP contribution in [0.4, 0.5) is 5.69 Å². The molecule has 3 N–H and O–H groups in total. The lowest BCUT2D eigenvalue weighted by Gasteiger charge is -2.22. The summed E-state index contributed by atoms with van der Waals surface area (Å²) in [6.45, 7) is 3.84. The lowest BCUT2D eigenvalue weighted by molar-refractivity contribution is 0.106. The topological polar surface area (TPSA) is 90.7 Å². The maximum absolute atomic E-state index is 11.3. The maximum Gasteiger partial charge on any atom is 0.238 e. The zero-order chi connectivity index (χ0) is 14.6. The van der Waals surface area contributed by atoms with Crippen molar-refractivity contribution < 1.29 is 17.9 Å². The molecule has 1 aromatic carbocycles. The Bertz CT molecular complexity index is 531. The molecule has 0 radical (unpaired) electrons. The van der Waals surface area contributed by atoms with Gasteiger partial charge in [-0.15, -0.1) is 0 Å². The second kappa shape index (κ2) is 6.23. The highest BCUT2D eigenvalue weighted by Gasteiger charge is 2.16. The second-order valence-corrected chi connectivity index (χ2v) is 5.84. The number of nitrogens with one attached hydrogen (secondary N) is 1. The Balaban J connectivity index is 3.10. The molecule has 1 aromatic rings. The Hall–Kier alpha value is -1.31. The largest absolute Gasteiger partial charge is 0.495 e. The molecule has 0 amide bonds. The van der Waals surface area contributed by atoms with Crippen molar-refractivity contribution in [3.63, 3.8) is 0 Å². The summed E-state index contributed by atoms with van der Waals surface area (Å²) in [7, 11) is -0.611. The first-order valence-corrected chi connectivity index (χ1v) is 7.34. The number of rotatable bonds is 6. The van der Waals surface area contributed by atoms with Gasteiger partial charge in [-0.05, 0) is 32.0 Å². The van der Waals surface area contributed by atoms with Crippen LogP contribution in [0.1, 0.15) is 13.8 Å². The first kappa shape index (κ1) is 15.7. The summed E-state index contributed by atoms with van der Waals surface area (Å²) >= 11 is 0. The van der Waals surface area contributed by atoms with Crippen molar-refractivity contribution in [3.05, 3.63) is 18.2 Å². The highest BCUT2D eigenvalue weighted by molar-refractivity contribution is 7.89. The molecule has 2 unspecified atom stereocenters.